The number of hydrogen-bond acceptors (Lipinski definition) is 6. The molecule has 1 N–H and O–H groups in total. The fourth-order valence-electron chi connectivity index (χ4n) is 3.55. The summed E-state index contributed by atoms with van der Waals surface area (Å²) < 4.78 is 32.8. The number of benzene rings is 1. The van der Waals surface area contributed by atoms with Gasteiger partial charge in [0.2, 0.25) is 0 Å². The molecule has 8 heteroatoms. The van der Waals surface area contributed by atoms with E-state index in [-0.39, 0.29) is 0 Å². The van der Waals surface area contributed by atoms with Crippen molar-refractivity contribution in [3.63, 3.8) is 0 Å². The van der Waals surface area contributed by atoms with Crippen LogP contribution in [0.25, 0.3) is 0 Å². The summed E-state index contributed by atoms with van der Waals surface area (Å²) in [6, 6.07) is 4.69. The van der Waals surface area contributed by atoms with E-state index in [4.69, 9.17) is 9.73 Å². The lowest BCUT2D eigenvalue weighted by Gasteiger charge is -2.40. The lowest BCUT2D eigenvalue weighted by atomic mass is 10.1. The molecule has 0 spiro atoms. The van der Waals surface area contributed by atoms with Crippen molar-refractivity contribution < 1.29 is 13.5 Å². The van der Waals surface area contributed by atoms with E-state index < -0.39 is 11.6 Å². The molecule has 0 aliphatic carbocycles. The Kier molecular flexibility index (Phi) is 5.12. The van der Waals surface area contributed by atoms with Crippen LogP contribution in [0.1, 0.15) is 12.0 Å². The molecule has 4 rings (SSSR count). The van der Waals surface area contributed by atoms with Crippen LogP contribution in [0, 0.1) is 11.6 Å². The van der Waals surface area contributed by atoms with Crippen molar-refractivity contribution in [2.45, 2.75) is 12.5 Å². The molecule has 3 heterocycles. The van der Waals surface area contributed by atoms with Crippen LogP contribution in [-0.2, 0) is 4.74 Å². The summed E-state index contributed by atoms with van der Waals surface area (Å²) >= 11 is 1.53. The molecule has 2 aromatic rings. The van der Waals surface area contributed by atoms with E-state index in [2.05, 4.69) is 22.2 Å². The minimum absolute atomic E-state index is 0.351. The number of likely N-dealkylation sites (N-methyl/N-ethyl adjacent to an activating group) is 1. The number of rotatable bonds is 3. The Morgan fingerprint density at radius 1 is 1.30 bits per heavy atom. The minimum Gasteiger partial charge on any atom is -0.385 e. The Bertz CT molecular complexity index is 869. The molecule has 1 atom stereocenters. The number of piperazine rings is 1. The molecule has 0 bridgehead atoms. The zero-order valence-electron chi connectivity index (χ0n) is 15.3. The largest absolute Gasteiger partial charge is 0.385 e. The molecule has 2 aliphatic rings. The quantitative estimate of drug-likeness (QED) is 0.862. The molecule has 0 saturated carbocycles. The molecule has 0 amide bonds. The first kappa shape index (κ1) is 18.3. The Morgan fingerprint density at radius 2 is 2.11 bits per heavy atom. The summed E-state index contributed by atoms with van der Waals surface area (Å²) in [5.74, 6) is -0.962. The molecule has 144 valence electrons. The number of thiophene rings is 1. The maximum atomic E-state index is 13.8. The third-order valence-corrected chi connectivity index (χ3v) is 5.98. The highest BCUT2D eigenvalue weighted by Gasteiger charge is 2.29. The van der Waals surface area contributed by atoms with E-state index in [0.717, 1.165) is 48.5 Å². The second kappa shape index (κ2) is 7.53. The zero-order valence-corrected chi connectivity index (χ0v) is 16.2. The second-order valence-electron chi connectivity index (χ2n) is 6.87. The zero-order chi connectivity index (χ0) is 19.0. The lowest BCUT2D eigenvalue weighted by molar-refractivity contribution is 0.100. The molecular formula is C19H22F2N4OS. The van der Waals surface area contributed by atoms with Gasteiger partial charge in [0, 0.05) is 51.5 Å². The van der Waals surface area contributed by atoms with E-state index in [0.29, 0.717) is 24.0 Å². The number of methoxy groups -OCH3 is 1. The summed E-state index contributed by atoms with van der Waals surface area (Å²) in [7, 11) is 3.83. The maximum Gasteiger partial charge on any atom is 0.161 e. The van der Waals surface area contributed by atoms with Gasteiger partial charge in [-0.1, -0.05) is 0 Å². The summed E-state index contributed by atoms with van der Waals surface area (Å²) in [5.41, 5.74) is 1.87. The Balaban J connectivity index is 1.71. The molecule has 27 heavy (non-hydrogen) atoms. The first-order valence-electron chi connectivity index (χ1n) is 8.93. The van der Waals surface area contributed by atoms with Crippen molar-refractivity contribution >= 4 is 33.5 Å². The highest BCUT2D eigenvalue weighted by Crippen LogP contribution is 2.39. The van der Waals surface area contributed by atoms with Crippen molar-refractivity contribution in [2.75, 3.05) is 45.7 Å². The molecule has 1 saturated heterocycles. The fraction of sp³-hybridized carbons (Fsp3) is 0.421. The Hall–Kier alpha value is -2.03. The topological polar surface area (TPSA) is 40.1 Å². The van der Waals surface area contributed by atoms with Gasteiger partial charge in [0.05, 0.1) is 16.9 Å². The summed E-state index contributed by atoms with van der Waals surface area (Å²) in [6.07, 6.45) is 0.932. The van der Waals surface area contributed by atoms with Gasteiger partial charge in [-0.3, -0.25) is 4.90 Å². The van der Waals surface area contributed by atoms with Gasteiger partial charge in [-0.15, -0.1) is 11.3 Å². The predicted molar refractivity (Wildman–Crippen MR) is 105 cm³/mol. The van der Waals surface area contributed by atoms with Crippen LogP contribution in [0.2, 0.25) is 0 Å². The van der Waals surface area contributed by atoms with Crippen LogP contribution in [0.3, 0.4) is 0 Å². The molecule has 1 aromatic heterocycles. The van der Waals surface area contributed by atoms with Gasteiger partial charge in [0.1, 0.15) is 10.8 Å². The molecule has 0 unspecified atom stereocenters. The molecule has 1 aromatic carbocycles. The van der Waals surface area contributed by atoms with Crippen LogP contribution in [0.4, 0.5) is 25.2 Å². The summed E-state index contributed by atoms with van der Waals surface area (Å²) in [4.78, 5) is 9.32. The molecule has 2 aliphatic heterocycles. The van der Waals surface area contributed by atoms with Crippen LogP contribution in [0.15, 0.2) is 28.6 Å². The molecular weight excluding hydrogens is 370 g/mol. The monoisotopic (exact) mass is 392 g/mol. The van der Waals surface area contributed by atoms with Crippen molar-refractivity contribution in [1.82, 2.24) is 9.80 Å². The van der Waals surface area contributed by atoms with Crippen LogP contribution in [-0.4, -0.2) is 62.1 Å². The van der Waals surface area contributed by atoms with E-state index >= 15 is 0 Å². The first-order valence-corrected chi connectivity index (χ1v) is 9.81. The van der Waals surface area contributed by atoms with Crippen molar-refractivity contribution in [3.05, 3.63) is 40.8 Å². The second-order valence-corrected chi connectivity index (χ2v) is 7.79. The van der Waals surface area contributed by atoms with E-state index in [1.54, 1.807) is 7.11 Å². The van der Waals surface area contributed by atoms with E-state index in [1.165, 1.54) is 17.4 Å². The van der Waals surface area contributed by atoms with Gasteiger partial charge >= 0.3 is 0 Å². The molecule has 5 nitrogen and oxygen atoms in total. The smallest absolute Gasteiger partial charge is 0.161 e. The summed E-state index contributed by atoms with van der Waals surface area (Å²) in [6.45, 7) is 3.25. The van der Waals surface area contributed by atoms with Crippen molar-refractivity contribution in [3.8, 4) is 0 Å². The fourth-order valence-corrected chi connectivity index (χ4v) is 4.35. The Labute approximate surface area is 161 Å². The Morgan fingerprint density at radius 3 is 2.93 bits per heavy atom. The number of amidine groups is 1. The standard InChI is InChI=1S/C19H22F2N4OS/c1-24-5-6-25(11-12(24)3-7-26-2)18-13-4-8-27-19(13)23-17-10-15(21)14(20)9-16(17)22-18/h4,8-10,12,23H,3,5-7,11H2,1-2H3/t12-/m0/s1. The lowest BCUT2D eigenvalue weighted by Crippen LogP contribution is -2.53. The van der Waals surface area contributed by atoms with Crippen LogP contribution < -0.4 is 5.32 Å². The number of ether oxygens (including phenoxy) is 1. The summed E-state index contributed by atoms with van der Waals surface area (Å²) in [5, 5.41) is 6.09. The van der Waals surface area contributed by atoms with Crippen LogP contribution >= 0.6 is 11.3 Å². The molecule has 1 fully saturated rings. The number of nitrogens with zero attached hydrogens (tertiary/aromatic N) is 3. The normalized spacial score (nSPS) is 19.8. The first-order chi connectivity index (χ1) is 13.1. The van der Waals surface area contributed by atoms with Gasteiger partial charge < -0.3 is 15.0 Å². The van der Waals surface area contributed by atoms with Crippen molar-refractivity contribution in [2.24, 2.45) is 4.99 Å². The number of aliphatic imine (C=N–C) groups is 1. The number of anilines is 2. The van der Waals surface area contributed by atoms with Gasteiger partial charge in [-0.25, -0.2) is 13.8 Å². The van der Waals surface area contributed by atoms with Crippen molar-refractivity contribution in [1.29, 1.82) is 0 Å². The van der Waals surface area contributed by atoms with Gasteiger partial charge in [0.25, 0.3) is 0 Å². The minimum atomic E-state index is -0.889. The molecule has 0 radical (unpaired) electrons. The number of hydrogen-bond donors (Lipinski definition) is 1. The average molecular weight is 392 g/mol. The van der Waals surface area contributed by atoms with Gasteiger partial charge in [-0.05, 0) is 24.9 Å². The maximum absolute atomic E-state index is 13.8. The van der Waals surface area contributed by atoms with Crippen LogP contribution in [0.5, 0.6) is 0 Å². The average Bonchev–Trinajstić information content (AvgIpc) is 3.05. The third-order valence-electron chi connectivity index (χ3n) is 5.15. The SMILES string of the molecule is COCC[C@H]1CN(C2=Nc3cc(F)c(F)cc3Nc3sccc32)CCN1C. The highest BCUT2D eigenvalue weighted by atomic mass is 32.1. The number of fused-ring (bicyclic) bond motifs is 2. The van der Waals surface area contributed by atoms with E-state index in [9.17, 15) is 8.78 Å². The highest BCUT2D eigenvalue weighted by molar-refractivity contribution is 7.14. The number of halogens is 2. The number of nitrogens with one attached hydrogen (secondary N) is 1. The van der Waals surface area contributed by atoms with Gasteiger partial charge in [-0.2, -0.15) is 0 Å². The van der Waals surface area contributed by atoms with E-state index in [1.807, 2.05) is 11.4 Å². The third kappa shape index (κ3) is 3.56. The predicted octanol–water partition coefficient (Wildman–Crippen LogP) is 3.81. The van der Waals surface area contributed by atoms with Gasteiger partial charge in [0.15, 0.2) is 11.6 Å².